The summed E-state index contributed by atoms with van der Waals surface area (Å²) in [5.74, 6) is -0.103. The second-order valence-electron chi connectivity index (χ2n) is 6.22. The summed E-state index contributed by atoms with van der Waals surface area (Å²) < 4.78 is 5.42. The molecule has 0 aliphatic heterocycles. The van der Waals surface area contributed by atoms with Crippen LogP contribution in [0.5, 0.6) is 5.75 Å². The average molecular weight is 434 g/mol. The first-order chi connectivity index (χ1) is 14.7. The SMILES string of the molecule is O=C(Oc1cccc(C=NNc2nc(-c3ccccc3)cs2)c1)c1ccccc1Cl. The number of nitrogens with one attached hydrogen (secondary N) is 1. The van der Waals surface area contributed by atoms with Crippen molar-refractivity contribution in [2.24, 2.45) is 5.10 Å². The lowest BCUT2D eigenvalue weighted by molar-refractivity contribution is 0.0735. The van der Waals surface area contributed by atoms with E-state index in [4.69, 9.17) is 16.3 Å². The molecule has 0 aliphatic carbocycles. The highest BCUT2D eigenvalue weighted by molar-refractivity contribution is 7.14. The van der Waals surface area contributed by atoms with Gasteiger partial charge in [-0.15, -0.1) is 11.3 Å². The number of thiazole rings is 1. The molecule has 0 fully saturated rings. The second-order valence-corrected chi connectivity index (χ2v) is 7.48. The van der Waals surface area contributed by atoms with E-state index < -0.39 is 5.97 Å². The van der Waals surface area contributed by atoms with Gasteiger partial charge in [0, 0.05) is 10.9 Å². The highest BCUT2D eigenvalue weighted by atomic mass is 35.5. The van der Waals surface area contributed by atoms with Crippen molar-refractivity contribution >= 4 is 40.3 Å². The van der Waals surface area contributed by atoms with E-state index in [1.54, 1.807) is 48.7 Å². The molecule has 30 heavy (non-hydrogen) atoms. The Kier molecular flexibility index (Phi) is 6.17. The van der Waals surface area contributed by atoms with Crippen LogP contribution in [0.3, 0.4) is 0 Å². The summed E-state index contributed by atoms with van der Waals surface area (Å²) in [6, 6.07) is 23.8. The van der Waals surface area contributed by atoms with Gasteiger partial charge < -0.3 is 4.74 Å². The molecule has 5 nitrogen and oxygen atoms in total. The Bertz CT molecular complexity index is 1190. The maximum absolute atomic E-state index is 12.3. The molecular weight excluding hydrogens is 418 g/mol. The van der Waals surface area contributed by atoms with Crippen LogP contribution in [0.15, 0.2) is 89.3 Å². The Morgan fingerprint density at radius 1 is 1.03 bits per heavy atom. The monoisotopic (exact) mass is 433 g/mol. The van der Waals surface area contributed by atoms with Gasteiger partial charge in [0.1, 0.15) is 5.75 Å². The number of carbonyl (C=O) groups is 1. The van der Waals surface area contributed by atoms with Gasteiger partial charge in [0.2, 0.25) is 5.13 Å². The Morgan fingerprint density at radius 2 is 1.83 bits per heavy atom. The number of ether oxygens (including phenoxy) is 1. The van der Waals surface area contributed by atoms with Crippen molar-refractivity contribution in [3.05, 3.63) is 100 Å². The van der Waals surface area contributed by atoms with Crippen molar-refractivity contribution < 1.29 is 9.53 Å². The van der Waals surface area contributed by atoms with Gasteiger partial charge in [0.15, 0.2) is 0 Å². The van der Waals surface area contributed by atoms with E-state index in [-0.39, 0.29) is 0 Å². The molecule has 148 valence electrons. The largest absolute Gasteiger partial charge is 0.423 e. The van der Waals surface area contributed by atoms with Crippen molar-refractivity contribution in [1.29, 1.82) is 0 Å². The highest BCUT2D eigenvalue weighted by Gasteiger charge is 2.12. The van der Waals surface area contributed by atoms with Gasteiger partial charge in [-0.2, -0.15) is 5.10 Å². The maximum atomic E-state index is 12.3. The topological polar surface area (TPSA) is 63.6 Å². The Labute approximate surface area is 182 Å². The lowest BCUT2D eigenvalue weighted by Gasteiger charge is -2.06. The third kappa shape index (κ3) is 4.92. The van der Waals surface area contributed by atoms with Crippen LogP contribution in [0, 0.1) is 0 Å². The normalized spacial score (nSPS) is 10.8. The van der Waals surface area contributed by atoms with Gasteiger partial charge in [0.25, 0.3) is 0 Å². The number of hydrazone groups is 1. The van der Waals surface area contributed by atoms with Gasteiger partial charge in [-0.1, -0.05) is 66.2 Å². The predicted molar refractivity (Wildman–Crippen MR) is 122 cm³/mol. The molecular formula is C23H16ClN3O2S. The number of hydrogen-bond donors (Lipinski definition) is 1. The van der Waals surface area contributed by atoms with Crippen LogP contribution in [0.4, 0.5) is 5.13 Å². The Morgan fingerprint density at radius 3 is 2.67 bits per heavy atom. The highest BCUT2D eigenvalue weighted by Crippen LogP contribution is 2.24. The number of carbonyl (C=O) groups excluding carboxylic acids is 1. The van der Waals surface area contributed by atoms with Crippen molar-refractivity contribution in [2.75, 3.05) is 5.43 Å². The minimum atomic E-state index is -0.510. The van der Waals surface area contributed by atoms with Crippen molar-refractivity contribution in [1.82, 2.24) is 4.98 Å². The molecule has 1 N–H and O–H groups in total. The van der Waals surface area contributed by atoms with Crippen molar-refractivity contribution in [3.8, 4) is 17.0 Å². The van der Waals surface area contributed by atoms with E-state index in [0.717, 1.165) is 16.8 Å². The van der Waals surface area contributed by atoms with E-state index in [2.05, 4.69) is 15.5 Å². The zero-order chi connectivity index (χ0) is 20.8. The van der Waals surface area contributed by atoms with E-state index in [1.807, 2.05) is 41.8 Å². The zero-order valence-corrected chi connectivity index (χ0v) is 17.2. The molecule has 0 spiro atoms. The number of aromatic nitrogens is 1. The van der Waals surface area contributed by atoms with Crippen LogP contribution < -0.4 is 10.2 Å². The summed E-state index contributed by atoms with van der Waals surface area (Å²) in [7, 11) is 0. The minimum Gasteiger partial charge on any atom is -0.423 e. The van der Waals surface area contributed by atoms with Gasteiger partial charge in [-0.3, -0.25) is 5.43 Å². The fourth-order valence-corrected chi connectivity index (χ4v) is 3.56. The van der Waals surface area contributed by atoms with E-state index >= 15 is 0 Å². The summed E-state index contributed by atoms with van der Waals surface area (Å²) in [5, 5.41) is 7.23. The van der Waals surface area contributed by atoms with Crippen LogP contribution in [0.25, 0.3) is 11.3 Å². The van der Waals surface area contributed by atoms with Crippen LogP contribution in [-0.4, -0.2) is 17.2 Å². The van der Waals surface area contributed by atoms with Crippen molar-refractivity contribution in [2.45, 2.75) is 0 Å². The summed E-state index contributed by atoms with van der Waals surface area (Å²) in [4.78, 5) is 16.8. The maximum Gasteiger partial charge on any atom is 0.345 e. The van der Waals surface area contributed by atoms with Gasteiger partial charge in [0.05, 0.1) is 22.5 Å². The molecule has 4 aromatic rings. The molecule has 0 radical (unpaired) electrons. The minimum absolute atomic E-state index is 0.317. The lowest BCUT2D eigenvalue weighted by atomic mass is 10.2. The van der Waals surface area contributed by atoms with Gasteiger partial charge >= 0.3 is 5.97 Å². The lowest BCUT2D eigenvalue weighted by Crippen LogP contribution is -2.09. The number of halogens is 1. The summed E-state index contributed by atoms with van der Waals surface area (Å²) >= 11 is 7.52. The standard InChI is InChI=1S/C23H16ClN3O2S/c24-20-12-5-4-11-19(20)22(28)29-18-10-6-7-16(13-18)14-25-27-23-26-21(15-30-23)17-8-2-1-3-9-17/h1-15H,(H,26,27). The molecule has 3 aromatic carbocycles. The number of anilines is 1. The molecule has 0 bridgehead atoms. The zero-order valence-electron chi connectivity index (χ0n) is 15.7. The molecule has 0 saturated carbocycles. The fraction of sp³-hybridized carbons (Fsp3) is 0. The number of esters is 1. The van der Waals surface area contributed by atoms with E-state index in [9.17, 15) is 4.79 Å². The summed E-state index contributed by atoms with van der Waals surface area (Å²) in [6.07, 6.45) is 1.64. The van der Waals surface area contributed by atoms with E-state index in [1.165, 1.54) is 11.3 Å². The average Bonchev–Trinajstić information content (AvgIpc) is 3.24. The quantitative estimate of drug-likeness (QED) is 0.172. The third-order valence-corrected chi connectivity index (χ3v) is 5.19. The molecule has 4 rings (SSSR count). The number of rotatable bonds is 6. The van der Waals surface area contributed by atoms with E-state index in [0.29, 0.717) is 21.5 Å². The van der Waals surface area contributed by atoms with Gasteiger partial charge in [-0.25, -0.2) is 9.78 Å². The molecule has 0 atom stereocenters. The molecule has 0 amide bonds. The van der Waals surface area contributed by atoms with Crippen LogP contribution in [0.2, 0.25) is 5.02 Å². The molecule has 0 unspecified atom stereocenters. The van der Waals surface area contributed by atoms with Crippen molar-refractivity contribution in [3.63, 3.8) is 0 Å². The number of hydrogen-bond acceptors (Lipinski definition) is 6. The third-order valence-electron chi connectivity index (χ3n) is 4.11. The molecule has 1 heterocycles. The molecule has 1 aromatic heterocycles. The first kappa shape index (κ1) is 19.8. The van der Waals surface area contributed by atoms with Gasteiger partial charge in [-0.05, 0) is 29.8 Å². The number of benzene rings is 3. The Balaban J connectivity index is 1.40. The first-order valence-electron chi connectivity index (χ1n) is 9.06. The van der Waals surface area contributed by atoms with Crippen LogP contribution >= 0.6 is 22.9 Å². The predicted octanol–water partition coefficient (Wildman–Crippen LogP) is 6.13. The van der Waals surface area contributed by atoms with Crippen LogP contribution in [-0.2, 0) is 0 Å². The molecule has 0 saturated heterocycles. The first-order valence-corrected chi connectivity index (χ1v) is 10.3. The Hall–Kier alpha value is -3.48. The second kappa shape index (κ2) is 9.35. The molecule has 0 aliphatic rings. The summed E-state index contributed by atoms with van der Waals surface area (Å²) in [5.41, 5.74) is 5.97. The number of nitrogens with zero attached hydrogens (tertiary/aromatic N) is 2. The molecule has 7 heteroatoms. The fourth-order valence-electron chi connectivity index (χ4n) is 2.68. The van der Waals surface area contributed by atoms with Crippen LogP contribution in [0.1, 0.15) is 15.9 Å². The smallest absolute Gasteiger partial charge is 0.345 e. The summed E-state index contributed by atoms with van der Waals surface area (Å²) in [6.45, 7) is 0.